The van der Waals surface area contributed by atoms with Gasteiger partial charge in [0.25, 0.3) is 0 Å². The Labute approximate surface area is 109 Å². The Kier molecular flexibility index (Phi) is 8.97. The maximum atomic E-state index is 11.3. The molecule has 4 nitrogen and oxygen atoms in total. The highest BCUT2D eigenvalue weighted by Crippen LogP contribution is 2.09. The van der Waals surface area contributed by atoms with Gasteiger partial charge in [0.15, 0.2) is 0 Å². The molecule has 4 heteroatoms. The van der Waals surface area contributed by atoms with Crippen LogP contribution in [0.4, 0.5) is 0 Å². The lowest BCUT2D eigenvalue weighted by atomic mass is 10.0. The lowest BCUT2D eigenvalue weighted by molar-refractivity contribution is -0.140. The molecule has 104 valence electrons. The molecule has 0 fully saturated rings. The van der Waals surface area contributed by atoms with E-state index < -0.39 is 11.9 Å². The molecule has 0 saturated carbocycles. The SMILES string of the molecule is C/C(=C/C(=O)O)C(=O)OCCCCCCC(C)C. The average Bonchev–Trinajstić information content (AvgIpc) is 2.26. The summed E-state index contributed by atoms with van der Waals surface area (Å²) >= 11 is 0. The van der Waals surface area contributed by atoms with Crippen molar-refractivity contribution in [1.29, 1.82) is 0 Å². The third-order valence-electron chi connectivity index (χ3n) is 2.57. The van der Waals surface area contributed by atoms with Crippen LogP contribution in [0.5, 0.6) is 0 Å². The Balaban J connectivity index is 3.55. The summed E-state index contributed by atoms with van der Waals surface area (Å²) in [6, 6.07) is 0. The van der Waals surface area contributed by atoms with E-state index in [-0.39, 0.29) is 5.57 Å². The fraction of sp³-hybridized carbons (Fsp3) is 0.714. The van der Waals surface area contributed by atoms with Crippen LogP contribution >= 0.6 is 0 Å². The van der Waals surface area contributed by atoms with Crippen LogP contribution in [0, 0.1) is 5.92 Å². The molecule has 18 heavy (non-hydrogen) atoms. The van der Waals surface area contributed by atoms with Gasteiger partial charge in [-0.1, -0.05) is 39.5 Å². The van der Waals surface area contributed by atoms with Crippen LogP contribution in [0.3, 0.4) is 0 Å². The second-order valence-corrected chi connectivity index (χ2v) is 4.90. The second-order valence-electron chi connectivity index (χ2n) is 4.90. The summed E-state index contributed by atoms with van der Waals surface area (Å²) in [5.41, 5.74) is 0.127. The molecule has 0 atom stereocenters. The number of carboxylic acids is 1. The fourth-order valence-electron chi connectivity index (χ4n) is 1.53. The van der Waals surface area contributed by atoms with Crippen LogP contribution in [0.15, 0.2) is 11.6 Å². The standard InChI is InChI=1S/C14H24O4/c1-11(2)8-6-4-5-7-9-18-14(17)12(3)10-13(15)16/h10-11H,4-9H2,1-3H3,(H,15,16)/b12-10-. The smallest absolute Gasteiger partial charge is 0.333 e. The minimum atomic E-state index is -1.13. The summed E-state index contributed by atoms with van der Waals surface area (Å²) in [5.74, 6) is -0.927. The first-order valence-corrected chi connectivity index (χ1v) is 6.51. The van der Waals surface area contributed by atoms with Gasteiger partial charge in [-0.25, -0.2) is 9.59 Å². The van der Waals surface area contributed by atoms with Gasteiger partial charge in [-0.2, -0.15) is 0 Å². The number of carbonyl (C=O) groups excluding carboxylic acids is 1. The molecule has 1 N–H and O–H groups in total. The largest absolute Gasteiger partial charge is 0.478 e. The van der Waals surface area contributed by atoms with Gasteiger partial charge >= 0.3 is 11.9 Å². The van der Waals surface area contributed by atoms with Crippen LogP contribution in [0.1, 0.15) is 52.9 Å². The van der Waals surface area contributed by atoms with Crippen molar-refractivity contribution in [2.24, 2.45) is 5.92 Å². The van der Waals surface area contributed by atoms with Gasteiger partial charge < -0.3 is 9.84 Å². The molecule has 0 aliphatic heterocycles. The van der Waals surface area contributed by atoms with Crippen molar-refractivity contribution < 1.29 is 19.4 Å². The molecule has 0 amide bonds. The summed E-state index contributed by atoms with van der Waals surface area (Å²) in [6.07, 6.45) is 6.35. The lowest BCUT2D eigenvalue weighted by Crippen LogP contribution is -2.08. The van der Waals surface area contributed by atoms with Gasteiger partial charge in [0.2, 0.25) is 0 Å². The van der Waals surface area contributed by atoms with Gasteiger partial charge in [-0.15, -0.1) is 0 Å². The van der Waals surface area contributed by atoms with E-state index >= 15 is 0 Å². The van der Waals surface area contributed by atoms with Gasteiger partial charge in [0.1, 0.15) is 0 Å². The summed E-state index contributed by atoms with van der Waals surface area (Å²) in [6.45, 7) is 6.23. The number of hydrogen-bond donors (Lipinski definition) is 1. The maximum absolute atomic E-state index is 11.3. The zero-order valence-electron chi connectivity index (χ0n) is 11.6. The highest BCUT2D eigenvalue weighted by molar-refractivity contribution is 5.95. The number of carbonyl (C=O) groups is 2. The van der Waals surface area contributed by atoms with Crippen molar-refractivity contribution in [2.45, 2.75) is 52.9 Å². The Morgan fingerprint density at radius 2 is 1.78 bits per heavy atom. The van der Waals surface area contributed by atoms with Gasteiger partial charge in [-0.05, 0) is 19.3 Å². The third-order valence-corrected chi connectivity index (χ3v) is 2.57. The lowest BCUT2D eigenvalue weighted by Gasteiger charge is -2.05. The maximum Gasteiger partial charge on any atom is 0.333 e. The van der Waals surface area contributed by atoms with Crippen molar-refractivity contribution in [3.05, 3.63) is 11.6 Å². The molecular formula is C14H24O4. The quantitative estimate of drug-likeness (QED) is 0.391. The predicted molar refractivity (Wildman–Crippen MR) is 70.3 cm³/mol. The van der Waals surface area contributed by atoms with Crippen LogP contribution in [0.2, 0.25) is 0 Å². The van der Waals surface area contributed by atoms with Crippen molar-refractivity contribution in [2.75, 3.05) is 6.61 Å². The zero-order chi connectivity index (χ0) is 14.0. The number of carboxylic acid groups (broad SMARTS) is 1. The van der Waals surface area contributed by atoms with Crippen LogP contribution in [0.25, 0.3) is 0 Å². The topological polar surface area (TPSA) is 63.6 Å². The van der Waals surface area contributed by atoms with Crippen LogP contribution < -0.4 is 0 Å². The predicted octanol–water partition coefficient (Wildman–Crippen LogP) is 3.17. The molecule has 0 unspecified atom stereocenters. The first-order chi connectivity index (χ1) is 8.43. The molecule has 0 radical (unpaired) electrons. The van der Waals surface area contributed by atoms with Crippen molar-refractivity contribution >= 4 is 11.9 Å². The molecule has 0 aliphatic carbocycles. The minimum Gasteiger partial charge on any atom is -0.478 e. The molecule has 0 saturated heterocycles. The van der Waals surface area contributed by atoms with Gasteiger partial charge in [0, 0.05) is 11.6 Å². The molecule has 0 aromatic carbocycles. The Hall–Kier alpha value is -1.32. The molecular weight excluding hydrogens is 232 g/mol. The van der Waals surface area contributed by atoms with E-state index in [1.807, 2.05) is 0 Å². The van der Waals surface area contributed by atoms with Crippen LogP contribution in [-0.2, 0) is 14.3 Å². The number of unbranched alkanes of at least 4 members (excludes halogenated alkanes) is 3. The summed E-state index contributed by atoms with van der Waals surface area (Å²) < 4.78 is 4.96. The van der Waals surface area contributed by atoms with Gasteiger partial charge in [-0.3, -0.25) is 0 Å². The fourth-order valence-corrected chi connectivity index (χ4v) is 1.53. The minimum absolute atomic E-state index is 0.127. The van der Waals surface area contributed by atoms with E-state index in [1.165, 1.54) is 19.8 Å². The normalized spacial score (nSPS) is 11.7. The van der Waals surface area contributed by atoms with E-state index in [1.54, 1.807) is 0 Å². The summed E-state index contributed by atoms with van der Waals surface area (Å²) in [5, 5.41) is 8.46. The summed E-state index contributed by atoms with van der Waals surface area (Å²) in [7, 11) is 0. The molecule has 0 aromatic heterocycles. The zero-order valence-corrected chi connectivity index (χ0v) is 11.6. The van der Waals surface area contributed by atoms with Crippen molar-refractivity contribution in [3.63, 3.8) is 0 Å². The number of aliphatic carboxylic acids is 1. The first-order valence-electron chi connectivity index (χ1n) is 6.51. The second kappa shape index (κ2) is 9.68. The van der Waals surface area contributed by atoms with E-state index in [0.29, 0.717) is 6.61 Å². The number of rotatable bonds is 9. The monoisotopic (exact) mass is 256 g/mol. The number of ether oxygens (including phenoxy) is 1. The molecule has 0 bridgehead atoms. The Morgan fingerprint density at radius 1 is 1.17 bits per heavy atom. The molecule has 0 heterocycles. The highest BCUT2D eigenvalue weighted by atomic mass is 16.5. The van der Waals surface area contributed by atoms with E-state index in [0.717, 1.165) is 31.3 Å². The average molecular weight is 256 g/mol. The number of hydrogen-bond acceptors (Lipinski definition) is 3. The Bertz CT molecular complexity index is 292. The van der Waals surface area contributed by atoms with Crippen LogP contribution in [-0.4, -0.2) is 23.7 Å². The molecule has 0 spiro atoms. The Morgan fingerprint density at radius 3 is 2.33 bits per heavy atom. The number of esters is 1. The molecule has 0 aliphatic rings. The first kappa shape index (κ1) is 16.7. The van der Waals surface area contributed by atoms with E-state index in [2.05, 4.69) is 13.8 Å². The highest BCUT2D eigenvalue weighted by Gasteiger charge is 2.06. The van der Waals surface area contributed by atoms with Crippen molar-refractivity contribution in [1.82, 2.24) is 0 Å². The van der Waals surface area contributed by atoms with Crippen molar-refractivity contribution in [3.8, 4) is 0 Å². The molecule has 0 rings (SSSR count). The van der Waals surface area contributed by atoms with E-state index in [4.69, 9.17) is 9.84 Å². The summed E-state index contributed by atoms with van der Waals surface area (Å²) in [4.78, 5) is 21.6. The third kappa shape index (κ3) is 9.87. The molecule has 0 aromatic rings. The van der Waals surface area contributed by atoms with E-state index in [9.17, 15) is 9.59 Å². The van der Waals surface area contributed by atoms with Gasteiger partial charge in [0.05, 0.1) is 6.61 Å².